The zero-order valence-electron chi connectivity index (χ0n) is 13.5. The molecular formula is C15H18N6O2S. The van der Waals surface area contributed by atoms with Gasteiger partial charge < -0.3 is 4.98 Å². The Morgan fingerprint density at radius 2 is 1.96 bits per heavy atom. The first kappa shape index (κ1) is 15.3. The van der Waals surface area contributed by atoms with Gasteiger partial charge >= 0.3 is 0 Å². The zero-order valence-corrected chi connectivity index (χ0v) is 14.3. The van der Waals surface area contributed by atoms with Crippen LogP contribution in [0.1, 0.15) is 18.4 Å². The maximum atomic E-state index is 12.8. The molecule has 0 radical (unpaired) electrons. The molecule has 1 saturated heterocycles. The monoisotopic (exact) mass is 346 g/mol. The van der Waals surface area contributed by atoms with Crippen molar-refractivity contribution in [3.8, 4) is 11.4 Å². The lowest BCUT2D eigenvalue weighted by Gasteiger charge is -2.13. The van der Waals surface area contributed by atoms with E-state index in [2.05, 4.69) is 20.1 Å². The number of sulfonamides is 1. The molecular weight excluding hydrogens is 328 g/mol. The van der Waals surface area contributed by atoms with E-state index < -0.39 is 10.0 Å². The first-order valence-corrected chi connectivity index (χ1v) is 9.25. The highest BCUT2D eigenvalue weighted by atomic mass is 32.2. The molecule has 4 heterocycles. The molecule has 1 fully saturated rings. The van der Waals surface area contributed by atoms with Crippen LogP contribution in [0.2, 0.25) is 0 Å². The number of aromatic nitrogens is 5. The van der Waals surface area contributed by atoms with Crippen molar-refractivity contribution < 1.29 is 8.42 Å². The number of pyridine rings is 1. The van der Waals surface area contributed by atoms with E-state index in [-0.39, 0.29) is 5.03 Å². The van der Waals surface area contributed by atoms with Crippen molar-refractivity contribution >= 4 is 21.1 Å². The number of H-pyrrole nitrogens is 1. The normalized spacial score (nSPS) is 16.2. The lowest BCUT2D eigenvalue weighted by molar-refractivity contribution is 0.475. The van der Waals surface area contributed by atoms with Gasteiger partial charge in [-0.1, -0.05) is 0 Å². The highest BCUT2D eigenvalue weighted by molar-refractivity contribution is 7.89. The van der Waals surface area contributed by atoms with Gasteiger partial charge in [-0.25, -0.2) is 18.4 Å². The summed E-state index contributed by atoms with van der Waals surface area (Å²) in [6, 6.07) is 1.65. The van der Waals surface area contributed by atoms with Crippen molar-refractivity contribution in [1.29, 1.82) is 0 Å². The third-order valence-corrected chi connectivity index (χ3v) is 6.15. The number of fused-ring (bicyclic) bond motifs is 1. The molecule has 8 nitrogen and oxygen atoms in total. The summed E-state index contributed by atoms with van der Waals surface area (Å²) in [6.45, 7) is 3.05. The fraction of sp³-hybridized carbons (Fsp3) is 0.400. The standard InChI is InChI=1S/C15H18N6O2S/c1-10-8-16-14-11(13(10)15-17-9-20(2)19-15)7-12(18-14)24(22,23)21-5-3-4-6-21/h7-9H,3-6H2,1-2H3,(H,16,18). The van der Waals surface area contributed by atoms with E-state index >= 15 is 0 Å². The molecule has 1 N–H and O–H groups in total. The molecule has 0 atom stereocenters. The van der Waals surface area contributed by atoms with Gasteiger partial charge in [0.15, 0.2) is 5.82 Å². The third kappa shape index (κ3) is 2.31. The van der Waals surface area contributed by atoms with Gasteiger partial charge in [-0.2, -0.15) is 9.40 Å². The minimum atomic E-state index is -3.52. The summed E-state index contributed by atoms with van der Waals surface area (Å²) in [5, 5.41) is 5.24. The van der Waals surface area contributed by atoms with Crippen molar-refractivity contribution in [2.24, 2.45) is 7.05 Å². The van der Waals surface area contributed by atoms with Crippen LogP contribution in [0.25, 0.3) is 22.4 Å². The lowest BCUT2D eigenvalue weighted by Crippen LogP contribution is -2.28. The van der Waals surface area contributed by atoms with E-state index in [4.69, 9.17) is 0 Å². The maximum Gasteiger partial charge on any atom is 0.258 e. The SMILES string of the molecule is Cc1cnc2[nH]c(S(=O)(=O)N3CCCC3)cc2c1-c1ncn(C)n1. The highest BCUT2D eigenvalue weighted by Crippen LogP contribution is 2.31. The molecule has 0 spiro atoms. The van der Waals surface area contributed by atoms with E-state index in [0.29, 0.717) is 24.6 Å². The number of hydrogen-bond donors (Lipinski definition) is 1. The number of aryl methyl sites for hydroxylation is 2. The van der Waals surface area contributed by atoms with Gasteiger partial charge in [-0.3, -0.25) is 4.68 Å². The van der Waals surface area contributed by atoms with Gasteiger partial charge in [0.25, 0.3) is 10.0 Å². The second-order valence-electron chi connectivity index (χ2n) is 6.07. The second-order valence-corrected chi connectivity index (χ2v) is 7.97. The average Bonchev–Trinajstić information content (AvgIpc) is 3.27. The minimum absolute atomic E-state index is 0.176. The molecule has 4 rings (SSSR count). The van der Waals surface area contributed by atoms with Crippen LogP contribution in [0.15, 0.2) is 23.6 Å². The van der Waals surface area contributed by atoms with Gasteiger partial charge in [0.05, 0.1) is 0 Å². The smallest absolute Gasteiger partial charge is 0.258 e. The molecule has 3 aromatic rings. The van der Waals surface area contributed by atoms with E-state index in [1.54, 1.807) is 30.3 Å². The van der Waals surface area contributed by atoms with Crippen LogP contribution >= 0.6 is 0 Å². The molecule has 24 heavy (non-hydrogen) atoms. The van der Waals surface area contributed by atoms with Crippen LogP contribution in [0, 0.1) is 6.92 Å². The van der Waals surface area contributed by atoms with E-state index in [9.17, 15) is 8.42 Å². The Kier molecular flexibility index (Phi) is 3.43. The van der Waals surface area contributed by atoms with Gasteiger partial charge in [-0.15, -0.1) is 0 Å². The van der Waals surface area contributed by atoms with Crippen molar-refractivity contribution in [2.75, 3.05) is 13.1 Å². The predicted molar refractivity (Wildman–Crippen MR) is 88.8 cm³/mol. The Morgan fingerprint density at radius 1 is 1.21 bits per heavy atom. The molecule has 9 heteroatoms. The van der Waals surface area contributed by atoms with Crippen LogP contribution < -0.4 is 0 Å². The average molecular weight is 346 g/mol. The van der Waals surface area contributed by atoms with Gasteiger partial charge in [0.1, 0.15) is 17.0 Å². The summed E-state index contributed by atoms with van der Waals surface area (Å²) in [7, 11) is -1.72. The Hall–Kier alpha value is -2.26. The van der Waals surface area contributed by atoms with E-state index in [1.807, 2.05) is 6.92 Å². The first-order chi connectivity index (χ1) is 11.5. The molecule has 0 unspecified atom stereocenters. The minimum Gasteiger partial charge on any atom is -0.329 e. The maximum absolute atomic E-state index is 12.8. The van der Waals surface area contributed by atoms with Crippen molar-refractivity contribution in [2.45, 2.75) is 24.8 Å². The van der Waals surface area contributed by atoms with Crippen LogP contribution in [-0.4, -0.2) is 50.5 Å². The summed E-state index contributed by atoms with van der Waals surface area (Å²) >= 11 is 0. The Bertz CT molecular complexity index is 1010. The van der Waals surface area contributed by atoms with Crippen LogP contribution in [0.5, 0.6) is 0 Å². The summed E-state index contributed by atoms with van der Waals surface area (Å²) < 4.78 is 28.7. The molecule has 0 aromatic carbocycles. The Morgan fingerprint density at radius 3 is 2.62 bits per heavy atom. The van der Waals surface area contributed by atoms with E-state index in [1.165, 1.54) is 4.31 Å². The van der Waals surface area contributed by atoms with Gasteiger partial charge in [-0.05, 0) is 31.4 Å². The highest BCUT2D eigenvalue weighted by Gasteiger charge is 2.29. The Labute approximate surface area is 139 Å². The first-order valence-electron chi connectivity index (χ1n) is 7.81. The fourth-order valence-corrected chi connectivity index (χ4v) is 4.62. The summed E-state index contributed by atoms with van der Waals surface area (Å²) in [5.74, 6) is 0.562. The largest absolute Gasteiger partial charge is 0.329 e. The summed E-state index contributed by atoms with van der Waals surface area (Å²) in [6.07, 6.45) is 5.13. The fourth-order valence-electron chi connectivity index (χ4n) is 3.11. The van der Waals surface area contributed by atoms with Gasteiger partial charge in [0.2, 0.25) is 0 Å². The molecule has 1 aliphatic heterocycles. The number of nitrogens with one attached hydrogen (secondary N) is 1. The number of aromatic amines is 1. The molecule has 0 bridgehead atoms. The predicted octanol–water partition coefficient (Wildman–Crippen LogP) is 1.45. The lowest BCUT2D eigenvalue weighted by atomic mass is 10.1. The second kappa shape index (κ2) is 5.38. The van der Waals surface area contributed by atoms with Crippen LogP contribution in [0.3, 0.4) is 0 Å². The molecule has 0 amide bonds. The molecule has 1 aliphatic rings. The van der Waals surface area contributed by atoms with Gasteiger partial charge in [0, 0.05) is 37.3 Å². The third-order valence-electron chi connectivity index (χ3n) is 4.33. The number of nitrogens with zero attached hydrogens (tertiary/aromatic N) is 5. The summed E-state index contributed by atoms with van der Waals surface area (Å²) in [5.41, 5.74) is 2.23. The molecule has 3 aromatic heterocycles. The zero-order chi connectivity index (χ0) is 16.9. The topological polar surface area (TPSA) is 96.8 Å². The molecule has 126 valence electrons. The summed E-state index contributed by atoms with van der Waals surface area (Å²) in [4.78, 5) is 11.6. The van der Waals surface area contributed by atoms with Crippen molar-refractivity contribution in [1.82, 2.24) is 29.0 Å². The van der Waals surface area contributed by atoms with Crippen LogP contribution in [-0.2, 0) is 17.1 Å². The Balaban J connectivity index is 1.90. The molecule has 0 aliphatic carbocycles. The molecule has 0 saturated carbocycles. The van der Waals surface area contributed by atoms with E-state index in [0.717, 1.165) is 29.4 Å². The number of rotatable bonds is 3. The number of hydrogen-bond acceptors (Lipinski definition) is 5. The van der Waals surface area contributed by atoms with Crippen LogP contribution in [0.4, 0.5) is 0 Å². The van der Waals surface area contributed by atoms with Crippen molar-refractivity contribution in [3.63, 3.8) is 0 Å². The van der Waals surface area contributed by atoms with Crippen molar-refractivity contribution in [3.05, 3.63) is 24.2 Å². The quantitative estimate of drug-likeness (QED) is 0.774.